The fraction of sp³-hybridized carbons (Fsp3) is 0.259. The molecule has 0 aromatic heterocycles. The molecule has 3 aromatic rings. The molecule has 0 heterocycles. The number of nitro benzene ring substituents is 1. The van der Waals surface area contributed by atoms with E-state index in [-0.39, 0.29) is 28.6 Å². The Labute approximate surface area is 247 Å². The molecule has 2 amide bonds. The molecule has 3 rings (SSSR count). The highest BCUT2D eigenvalue weighted by Crippen LogP contribution is 2.36. The van der Waals surface area contributed by atoms with Crippen molar-refractivity contribution < 1.29 is 27.7 Å². The van der Waals surface area contributed by atoms with E-state index in [9.17, 15) is 28.1 Å². The highest BCUT2D eigenvalue weighted by atomic mass is 35.5. The summed E-state index contributed by atoms with van der Waals surface area (Å²) in [6.45, 7) is 2.06. The van der Waals surface area contributed by atoms with Gasteiger partial charge in [-0.3, -0.25) is 24.0 Å². The largest absolute Gasteiger partial charge is 0.495 e. The Hall–Kier alpha value is -3.87. The summed E-state index contributed by atoms with van der Waals surface area (Å²) in [6, 6.07) is 13.4. The predicted octanol–water partition coefficient (Wildman–Crippen LogP) is 4.58. The molecular formula is C27H28Cl2N4O7S. The molecule has 0 fully saturated rings. The Morgan fingerprint density at radius 3 is 2.39 bits per heavy atom. The van der Waals surface area contributed by atoms with Crippen molar-refractivity contribution >= 4 is 56.4 Å². The Kier molecular flexibility index (Phi) is 10.2. The second kappa shape index (κ2) is 13.2. The second-order valence-corrected chi connectivity index (χ2v) is 11.6. The van der Waals surface area contributed by atoms with Crippen LogP contribution in [0.4, 0.5) is 11.4 Å². The number of aryl methyl sites for hydroxylation is 1. The van der Waals surface area contributed by atoms with Crippen molar-refractivity contribution in [1.29, 1.82) is 0 Å². The summed E-state index contributed by atoms with van der Waals surface area (Å²) in [7, 11) is -1.90. The molecular weight excluding hydrogens is 595 g/mol. The summed E-state index contributed by atoms with van der Waals surface area (Å²) in [4.78, 5) is 38.2. The molecule has 11 nitrogen and oxygen atoms in total. The highest BCUT2D eigenvalue weighted by Gasteiger charge is 2.35. The number of rotatable bonds is 11. The van der Waals surface area contributed by atoms with Crippen molar-refractivity contribution in [2.45, 2.75) is 31.3 Å². The fourth-order valence-electron chi connectivity index (χ4n) is 4.05. The quantitative estimate of drug-likeness (QED) is 0.244. The lowest BCUT2D eigenvalue weighted by molar-refractivity contribution is -0.385. The van der Waals surface area contributed by atoms with Crippen molar-refractivity contribution in [3.63, 3.8) is 0 Å². The number of anilines is 1. The Morgan fingerprint density at radius 1 is 1.10 bits per heavy atom. The van der Waals surface area contributed by atoms with Gasteiger partial charge in [-0.25, -0.2) is 8.42 Å². The van der Waals surface area contributed by atoms with Gasteiger partial charge in [-0.05, 0) is 49.7 Å². The van der Waals surface area contributed by atoms with Crippen molar-refractivity contribution in [3.8, 4) is 5.75 Å². The average Bonchev–Trinajstić information content (AvgIpc) is 2.94. The number of nitrogens with zero attached hydrogens (tertiary/aromatic N) is 3. The molecule has 0 unspecified atom stereocenters. The molecule has 1 N–H and O–H groups in total. The van der Waals surface area contributed by atoms with Crippen LogP contribution in [-0.2, 0) is 26.2 Å². The summed E-state index contributed by atoms with van der Waals surface area (Å²) < 4.78 is 34.2. The predicted molar refractivity (Wildman–Crippen MR) is 156 cm³/mol. The molecule has 0 aliphatic rings. The first kappa shape index (κ1) is 31.7. The number of likely N-dealkylation sites (N-methyl/N-ethyl adjacent to an activating group) is 1. The maximum Gasteiger partial charge on any atom is 0.273 e. The lowest BCUT2D eigenvalue weighted by Gasteiger charge is -2.32. The molecule has 14 heteroatoms. The van der Waals surface area contributed by atoms with Crippen LogP contribution < -0.4 is 14.4 Å². The van der Waals surface area contributed by atoms with Crippen molar-refractivity contribution in [3.05, 3.63) is 92.0 Å². The maximum atomic E-state index is 14.1. The van der Waals surface area contributed by atoms with Gasteiger partial charge in [-0.15, -0.1) is 0 Å². The Balaban J connectivity index is 2.18. The highest BCUT2D eigenvalue weighted by molar-refractivity contribution is 7.92. The van der Waals surface area contributed by atoms with E-state index >= 15 is 0 Å². The van der Waals surface area contributed by atoms with Gasteiger partial charge in [-0.1, -0.05) is 47.5 Å². The number of amides is 2. The molecule has 1 atom stereocenters. The number of nitro groups is 1. The third-order valence-electron chi connectivity index (χ3n) is 6.37. The van der Waals surface area contributed by atoms with Gasteiger partial charge < -0.3 is 15.0 Å². The Bertz CT molecular complexity index is 1580. The molecule has 218 valence electrons. The zero-order valence-electron chi connectivity index (χ0n) is 22.6. The van der Waals surface area contributed by atoms with Crippen LogP contribution in [0.1, 0.15) is 18.1 Å². The van der Waals surface area contributed by atoms with Gasteiger partial charge in [0.05, 0.1) is 22.6 Å². The van der Waals surface area contributed by atoms with E-state index in [1.54, 1.807) is 24.3 Å². The lowest BCUT2D eigenvalue weighted by atomic mass is 10.1. The first-order chi connectivity index (χ1) is 19.3. The number of carbonyl (C=O) groups excluding carboxylic acids is 2. The van der Waals surface area contributed by atoms with Crippen molar-refractivity contribution in [1.82, 2.24) is 10.2 Å². The first-order valence-electron chi connectivity index (χ1n) is 12.2. The minimum atomic E-state index is -4.62. The minimum absolute atomic E-state index is 0.0735. The van der Waals surface area contributed by atoms with Crippen LogP contribution in [0.5, 0.6) is 5.75 Å². The molecule has 0 aliphatic carbocycles. The number of sulfonamides is 1. The number of ether oxygens (including phenoxy) is 1. The van der Waals surface area contributed by atoms with Crippen LogP contribution in [-0.4, -0.2) is 56.8 Å². The third kappa shape index (κ3) is 7.07. The smallest absolute Gasteiger partial charge is 0.273 e. The van der Waals surface area contributed by atoms with Crippen LogP contribution in [0.15, 0.2) is 65.6 Å². The van der Waals surface area contributed by atoms with E-state index in [1.807, 2.05) is 0 Å². The van der Waals surface area contributed by atoms with E-state index in [2.05, 4.69) is 5.32 Å². The number of hydrogen-bond donors (Lipinski definition) is 1. The summed E-state index contributed by atoms with van der Waals surface area (Å²) >= 11 is 12.5. The molecule has 0 aliphatic heterocycles. The summed E-state index contributed by atoms with van der Waals surface area (Å²) in [5, 5.41) is 14.6. The number of nitrogens with one attached hydrogen (secondary N) is 1. The van der Waals surface area contributed by atoms with Crippen molar-refractivity contribution in [2.75, 3.05) is 25.0 Å². The maximum absolute atomic E-state index is 14.1. The van der Waals surface area contributed by atoms with E-state index in [0.717, 1.165) is 10.4 Å². The molecule has 0 spiro atoms. The van der Waals surface area contributed by atoms with Crippen LogP contribution >= 0.6 is 23.2 Å². The number of carbonyl (C=O) groups is 2. The van der Waals surface area contributed by atoms with Gasteiger partial charge in [0.2, 0.25) is 11.8 Å². The van der Waals surface area contributed by atoms with Gasteiger partial charge >= 0.3 is 0 Å². The molecule has 0 saturated carbocycles. The number of methoxy groups -OCH3 is 1. The van der Waals surface area contributed by atoms with Gasteiger partial charge in [0, 0.05) is 35.3 Å². The Morgan fingerprint density at radius 2 is 1.78 bits per heavy atom. The fourth-order valence-corrected chi connectivity index (χ4v) is 5.85. The van der Waals surface area contributed by atoms with Crippen LogP contribution in [0, 0.1) is 17.0 Å². The zero-order chi connectivity index (χ0) is 30.5. The minimum Gasteiger partial charge on any atom is -0.495 e. The van der Waals surface area contributed by atoms with Crippen LogP contribution in [0.3, 0.4) is 0 Å². The van der Waals surface area contributed by atoms with E-state index in [0.29, 0.717) is 10.6 Å². The summed E-state index contributed by atoms with van der Waals surface area (Å²) in [5.74, 6) is -1.17. The normalized spacial score (nSPS) is 11.9. The molecule has 41 heavy (non-hydrogen) atoms. The number of halogens is 2. The monoisotopic (exact) mass is 622 g/mol. The first-order valence-corrected chi connectivity index (χ1v) is 14.4. The molecule has 0 radical (unpaired) electrons. The van der Waals surface area contributed by atoms with Crippen LogP contribution in [0.2, 0.25) is 10.0 Å². The van der Waals surface area contributed by atoms with E-state index in [1.165, 1.54) is 63.2 Å². The summed E-state index contributed by atoms with van der Waals surface area (Å²) in [5.41, 5.74) is 0.287. The topological polar surface area (TPSA) is 139 Å². The van der Waals surface area contributed by atoms with Gasteiger partial charge in [-0.2, -0.15) is 0 Å². The number of benzene rings is 3. The molecule has 3 aromatic carbocycles. The summed E-state index contributed by atoms with van der Waals surface area (Å²) in [6.07, 6.45) is 0. The van der Waals surface area contributed by atoms with Crippen LogP contribution in [0.25, 0.3) is 0 Å². The molecule has 0 bridgehead atoms. The average molecular weight is 624 g/mol. The van der Waals surface area contributed by atoms with Gasteiger partial charge in [0.25, 0.3) is 15.7 Å². The van der Waals surface area contributed by atoms with Gasteiger partial charge in [0.15, 0.2) is 0 Å². The third-order valence-corrected chi connectivity index (χ3v) is 8.73. The van der Waals surface area contributed by atoms with Gasteiger partial charge in [0.1, 0.15) is 18.3 Å². The van der Waals surface area contributed by atoms with Crippen molar-refractivity contribution in [2.24, 2.45) is 0 Å². The standard InChI is InChI=1S/C27H28Cl2N4O7S/c1-17-9-11-21(14-23(17)33(36)37)41(38,39)32(24-13-20(28)10-12-25(24)40-4)16-26(34)31(18(2)27(35)30-3)15-19-7-5-6-8-22(19)29/h5-14,18H,15-16H2,1-4H3,(H,30,35)/t18-/m1/s1. The lowest BCUT2D eigenvalue weighted by Crippen LogP contribution is -2.50. The second-order valence-electron chi connectivity index (χ2n) is 8.94. The van der Waals surface area contributed by atoms with E-state index in [4.69, 9.17) is 27.9 Å². The molecule has 0 saturated heterocycles. The van der Waals surface area contributed by atoms with E-state index < -0.39 is 49.9 Å². The number of hydrogen-bond acceptors (Lipinski definition) is 7. The SMILES string of the molecule is CNC(=O)[C@@H](C)N(Cc1ccccc1Cl)C(=O)CN(c1cc(Cl)ccc1OC)S(=O)(=O)c1ccc(C)c([N+](=O)[O-])c1. The zero-order valence-corrected chi connectivity index (χ0v) is 25.0.